The van der Waals surface area contributed by atoms with E-state index in [0.717, 1.165) is 47.3 Å². The maximum absolute atomic E-state index is 6.35. The van der Waals surface area contributed by atoms with E-state index in [4.69, 9.17) is 33.9 Å². The van der Waals surface area contributed by atoms with Crippen LogP contribution in [0.4, 0.5) is 5.95 Å². The van der Waals surface area contributed by atoms with Gasteiger partial charge in [0.05, 0.1) is 14.9 Å². The Morgan fingerprint density at radius 3 is 2.63 bits per heavy atom. The van der Waals surface area contributed by atoms with Gasteiger partial charge in [-0.15, -0.1) is 0 Å². The van der Waals surface area contributed by atoms with Gasteiger partial charge in [0, 0.05) is 42.6 Å². The van der Waals surface area contributed by atoms with Crippen LogP contribution in [0.3, 0.4) is 0 Å². The average molecular weight is 420 g/mol. The minimum Gasteiger partial charge on any atom is -0.341 e. The first-order chi connectivity index (χ1) is 13.1. The third-order valence-electron chi connectivity index (χ3n) is 5.58. The molecule has 8 heteroatoms. The topological polar surface area (TPSA) is 59.5 Å². The van der Waals surface area contributed by atoms with Crippen LogP contribution in [0.25, 0.3) is 5.65 Å². The van der Waals surface area contributed by atoms with E-state index < -0.39 is 0 Å². The monoisotopic (exact) mass is 419 g/mol. The molecule has 2 atom stereocenters. The summed E-state index contributed by atoms with van der Waals surface area (Å²) < 4.78 is 2.07. The number of nitrogens with zero attached hydrogens (tertiary/aromatic N) is 4. The molecule has 0 radical (unpaired) electrons. The van der Waals surface area contributed by atoms with Crippen LogP contribution in [0.1, 0.15) is 12.8 Å². The molecular weight excluding hydrogens is 401 g/mol. The van der Waals surface area contributed by atoms with Crippen LogP contribution >= 0.6 is 35.0 Å². The highest BCUT2D eigenvalue weighted by Crippen LogP contribution is 2.41. The first-order valence-electron chi connectivity index (χ1n) is 9.04. The summed E-state index contributed by atoms with van der Waals surface area (Å²) in [5, 5.41) is 1.11. The zero-order valence-electron chi connectivity index (χ0n) is 14.6. The van der Waals surface area contributed by atoms with Gasteiger partial charge >= 0.3 is 0 Å². The summed E-state index contributed by atoms with van der Waals surface area (Å²) in [6.45, 7) is 2.04. The molecule has 0 spiro atoms. The standard InChI is InChI=1S/C19H19Cl2N5S/c20-14-2-1-3-15(17(14)21)27-16-8-24-19(26-5-4-23-18(16)26)25-9-11-6-13(22)7-12(11)10-25/h1-5,8,11-13H,6-7,9-10,22H2. The van der Waals surface area contributed by atoms with Crippen molar-refractivity contribution in [2.45, 2.75) is 28.7 Å². The molecule has 1 aliphatic carbocycles. The lowest BCUT2D eigenvalue weighted by molar-refractivity contribution is 0.494. The maximum Gasteiger partial charge on any atom is 0.211 e. The Labute approximate surface area is 171 Å². The second kappa shape index (κ2) is 6.85. The van der Waals surface area contributed by atoms with E-state index in [1.165, 1.54) is 11.8 Å². The van der Waals surface area contributed by atoms with Gasteiger partial charge in [0.2, 0.25) is 5.95 Å². The van der Waals surface area contributed by atoms with Gasteiger partial charge in [-0.2, -0.15) is 0 Å². The zero-order valence-corrected chi connectivity index (χ0v) is 16.9. The van der Waals surface area contributed by atoms with E-state index in [2.05, 4.69) is 14.3 Å². The number of nitrogens with two attached hydrogens (primary N) is 1. The van der Waals surface area contributed by atoms with E-state index in [0.29, 0.717) is 27.9 Å². The molecule has 5 rings (SSSR count). The summed E-state index contributed by atoms with van der Waals surface area (Å²) in [4.78, 5) is 13.6. The van der Waals surface area contributed by atoms with Crippen LogP contribution in [0.5, 0.6) is 0 Å². The largest absolute Gasteiger partial charge is 0.341 e. The normalized spacial score (nSPS) is 24.7. The van der Waals surface area contributed by atoms with Gasteiger partial charge in [-0.1, -0.05) is 41.0 Å². The zero-order chi connectivity index (χ0) is 18.5. The Morgan fingerprint density at radius 1 is 1.07 bits per heavy atom. The molecule has 2 aromatic heterocycles. The van der Waals surface area contributed by atoms with E-state index in [1.807, 2.05) is 30.7 Å². The van der Waals surface area contributed by atoms with Gasteiger partial charge in [-0.05, 0) is 36.8 Å². The molecule has 140 valence electrons. The number of hydrogen-bond donors (Lipinski definition) is 1. The third kappa shape index (κ3) is 3.09. The predicted molar refractivity (Wildman–Crippen MR) is 110 cm³/mol. The van der Waals surface area contributed by atoms with Crippen LogP contribution in [-0.2, 0) is 0 Å². The van der Waals surface area contributed by atoms with Crippen molar-refractivity contribution >= 4 is 46.6 Å². The van der Waals surface area contributed by atoms with Crippen LogP contribution in [-0.4, -0.2) is 33.5 Å². The van der Waals surface area contributed by atoms with Crippen molar-refractivity contribution < 1.29 is 0 Å². The van der Waals surface area contributed by atoms with E-state index >= 15 is 0 Å². The lowest BCUT2D eigenvalue weighted by Crippen LogP contribution is -2.27. The predicted octanol–water partition coefficient (Wildman–Crippen LogP) is 4.36. The molecule has 1 saturated carbocycles. The third-order valence-corrected chi connectivity index (χ3v) is 7.58. The molecule has 2 fully saturated rings. The quantitative estimate of drug-likeness (QED) is 0.682. The van der Waals surface area contributed by atoms with Gasteiger partial charge in [0.15, 0.2) is 5.65 Å². The lowest BCUT2D eigenvalue weighted by Gasteiger charge is -2.21. The van der Waals surface area contributed by atoms with E-state index in [-0.39, 0.29) is 0 Å². The molecule has 1 aliphatic heterocycles. The van der Waals surface area contributed by atoms with Gasteiger partial charge in [0.25, 0.3) is 0 Å². The van der Waals surface area contributed by atoms with E-state index in [1.54, 1.807) is 6.07 Å². The van der Waals surface area contributed by atoms with Crippen LogP contribution < -0.4 is 10.6 Å². The van der Waals surface area contributed by atoms with Crippen molar-refractivity contribution in [3.8, 4) is 0 Å². The Hall–Kier alpha value is -1.47. The summed E-state index contributed by atoms with van der Waals surface area (Å²) in [7, 11) is 0. The molecular formula is C19H19Cl2N5S. The summed E-state index contributed by atoms with van der Waals surface area (Å²) in [6, 6.07) is 6.01. The van der Waals surface area contributed by atoms with Gasteiger partial charge in [-0.25, -0.2) is 9.97 Å². The van der Waals surface area contributed by atoms with E-state index in [9.17, 15) is 0 Å². The number of fused-ring (bicyclic) bond motifs is 2. The Bertz CT molecular complexity index is 993. The molecule has 3 heterocycles. The molecule has 2 unspecified atom stereocenters. The number of benzene rings is 1. The van der Waals surface area contributed by atoms with Crippen LogP contribution in [0.15, 0.2) is 46.6 Å². The smallest absolute Gasteiger partial charge is 0.211 e. The second-order valence-corrected chi connectivity index (χ2v) is 9.22. The summed E-state index contributed by atoms with van der Waals surface area (Å²) in [5.74, 6) is 2.31. The Balaban J connectivity index is 1.47. The van der Waals surface area contributed by atoms with Crippen molar-refractivity contribution in [3.63, 3.8) is 0 Å². The minimum atomic E-state index is 0.365. The lowest BCUT2D eigenvalue weighted by atomic mass is 10.0. The van der Waals surface area contributed by atoms with Crippen molar-refractivity contribution in [1.82, 2.24) is 14.4 Å². The summed E-state index contributed by atoms with van der Waals surface area (Å²) >= 11 is 14.0. The highest BCUT2D eigenvalue weighted by Gasteiger charge is 2.40. The molecule has 5 nitrogen and oxygen atoms in total. The molecule has 1 aromatic carbocycles. The van der Waals surface area contributed by atoms with Crippen molar-refractivity contribution in [2.75, 3.05) is 18.0 Å². The fourth-order valence-corrected chi connectivity index (χ4v) is 5.78. The highest BCUT2D eigenvalue weighted by molar-refractivity contribution is 7.99. The number of hydrogen-bond acceptors (Lipinski definition) is 5. The average Bonchev–Trinajstić information content (AvgIpc) is 3.33. The highest BCUT2D eigenvalue weighted by atomic mass is 35.5. The Morgan fingerprint density at radius 2 is 1.85 bits per heavy atom. The van der Waals surface area contributed by atoms with Crippen molar-refractivity contribution in [2.24, 2.45) is 17.6 Å². The molecule has 0 amide bonds. The number of aromatic nitrogens is 3. The molecule has 2 aliphatic rings. The molecule has 0 bridgehead atoms. The van der Waals surface area contributed by atoms with Gasteiger partial charge in [0.1, 0.15) is 0 Å². The number of halogens is 2. The van der Waals surface area contributed by atoms with Crippen LogP contribution in [0, 0.1) is 11.8 Å². The number of anilines is 1. The molecule has 3 aromatic rings. The van der Waals surface area contributed by atoms with Gasteiger partial charge < -0.3 is 10.6 Å². The SMILES string of the molecule is NC1CC2CN(c3ncc(Sc4cccc(Cl)c4Cl)c4nccn34)CC2C1. The van der Waals surface area contributed by atoms with Crippen molar-refractivity contribution in [1.29, 1.82) is 0 Å². The van der Waals surface area contributed by atoms with Crippen molar-refractivity contribution in [3.05, 3.63) is 46.8 Å². The Kier molecular flexibility index (Phi) is 4.47. The molecule has 27 heavy (non-hydrogen) atoms. The summed E-state index contributed by atoms with van der Waals surface area (Å²) in [5.41, 5.74) is 7.01. The van der Waals surface area contributed by atoms with Gasteiger partial charge in [-0.3, -0.25) is 4.40 Å². The number of rotatable bonds is 3. The first kappa shape index (κ1) is 17.6. The molecule has 1 saturated heterocycles. The fourth-order valence-electron chi connectivity index (χ4n) is 4.38. The fraction of sp³-hybridized carbons (Fsp3) is 0.368. The molecule has 2 N–H and O–H groups in total. The summed E-state index contributed by atoms with van der Waals surface area (Å²) in [6.07, 6.45) is 7.92. The van der Waals surface area contributed by atoms with Crippen LogP contribution in [0.2, 0.25) is 10.0 Å². The number of imidazole rings is 1. The minimum absolute atomic E-state index is 0.365. The first-order valence-corrected chi connectivity index (χ1v) is 10.6. The maximum atomic E-state index is 6.35. The second-order valence-electron chi connectivity index (χ2n) is 7.35.